The van der Waals surface area contributed by atoms with Gasteiger partial charge in [-0.05, 0) is 19.8 Å². The third kappa shape index (κ3) is 3.13. The first-order valence-electron chi connectivity index (χ1n) is 8.06. The molecule has 0 N–H and O–H groups in total. The van der Waals surface area contributed by atoms with Crippen molar-refractivity contribution in [2.24, 2.45) is 0 Å². The van der Waals surface area contributed by atoms with Gasteiger partial charge in [-0.1, -0.05) is 13.3 Å². The standard InChI is InChI=1S/C13H22F6NO4S2/c1-3-5-6-9-20(4-2)10-7-8-11(20,25(21,22)12(14,15)16)26(23,24)13(17,18)19/h3-10H2,1-2H3/q+1. The molecule has 1 atom stereocenters. The zero-order chi connectivity index (χ0) is 20.7. The highest BCUT2D eigenvalue weighted by atomic mass is 32.3. The molecule has 0 amide bonds. The number of halogens is 6. The van der Waals surface area contributed by atoms with Gasteiger partial charge in [-0.3, -0.25) is 4.48 Å². The van der Waals surface area contributed by atoms with Crippen molar-refractivity contribution in [1.29, 1.82) is 0 Å². The lowest BCUT2D eigenvalue weighted by atomic mass is 10.2. The van der Waals surface area contributed by atoms with Crippen molar-refractivity contribution in [3.05, 3.63) is 0 Å². The minimum absolute atomic E-state index is 0.118. The van der Waals surface area contributed by atoms with Gasteiger partial charge in [-0.25, -0.2) is 16.8 Å². The molecule has 1 heterocycles. The fourth-order valence-electron chi connectivity index (χ4n) is 3.80. The van der Waals surface area contributed by atoms with Crippen LogP contribution in [0.4, 0.5) is 26.3 Å². The summed E-state index contributed by atoms with van der Waals surface area (Å²) in [4.78, 5) is 0. The zero-order valence-electron chi connectivity index (χ0n) is 14.3. The Bertz CT molecular complexity index is 670. The van der Waals surface area contributed by atoms with Crippen molar-refractivity contribution in [2.45, 2.75) is 61.2 Å². The maximum Gasteiger partial charge on any atom is 0.504 e. The highest BCUT2D eigenvalue weighted by molar-refractivity contribution is 8.10. The van der Waals surface area contributed by atoms with Crippen LogP contribution in [-0.4, -0.2) is 56.2 Å². The van der Waals surface area contributed by atoms with Crippen molar-refractivity contribution < 1.29 is 47.7 Å². The fourth-order valence-corrected chi connectivity index (χ4v) is 8.72. The summed E-state index contributed by atoms with van der Waals surface area (Å²) >= 11 is 0. The van der Waals surface area contributed by atoms with Crippen LogP contribution in [0.2, 0.25) is 0 Å². The quantitative estimate of drug-likeness (QED) is 0.350. The number of nitrogens with zero attached hydrogens (tertiary/aromatic N) is 1. The SMILES string of the molecule is CCCCC[N+]1(CC)CCCC1(S(=O)(=O)C(F)(F)F)S(=O)(=O)C(F)(F)F. The lowest BCUT2D eigenvalue weighted by Crippen LogP contribution is -2.72. The normalized spacial score (nSPS) is 24.8. The van der Waals surface area contributed by atoms with Gasteiger partial charge >= 0.3 is 34.9 Å². The molecule has 0 aromatic carbocycles. The van der Waals surface area contributed by atoms with Crippen molar-refractivity contribution >= 4 is 19.7 Å². The Morgan fingerprint density at radius 1 is 0.885 bits per heavy atom. The molecule has 0 spiro atoms. The van der Waals surface area contributed by atoms with E-state index in [9.17, 15) is 43.2 Å². The lowest BCUT2D eigenvalue weighted by molar-refractivity contribution is -0.935. The molecule has 1 aliphatic rings. The van der Waals surface area contributed by atoms with Crippen LogP contribution >= 0.6 is 0 Å². The molecule has 0 aromatic heterocycles. The van der Waals surface area contributed by atoms with Gasteiger partial charge in [0.1, 0.15) is 0 Å². The Hall–Kier alpha value is -0.560. The predicted octanol–water partition coefficient (Wildman–Crippen LogP) is 3.33. The van der Waals surface area contributed by atoms with Gasteiger partial charge in [0, 0.05) is 12.8 Å². The summed E-state index contributed by atoms with van der Waals surface area (Å²) in [5.41, 5.74) is -12.3. The van der Waals surface area contributed by atoms with Crippen LogP contribution in [-0.2, 0) is 19.7 Å². The van der Waals surface area contributed by atoms with Gasteiger partial charge in [0.05, 0.1) is 19.6 Å². The van der Waals surface area contributed by atoms with Gasteiger partial charge in [-0.15, -0.1) is 0 Å². The zero-order valence-corrected chi connectivity index (χ0v) is 16.0. The number of likely N-dealkylation sites (tertiary alicyclic amines) is 1. The van der Waals surface area contributed by atoms with E-state index in [1.807, 2.05) is 0 Å². The van der Waals surface area contributed by atoms with E-state index >= 15 is 0 Å². The maximum atomic E-state index is 13.3. The van der Waals surface area contributed by atoms with Crippen molar-refractivity contribution in [1.82, 2.24) is 0 Å². The molecular weight excluding hydrogens is 412 g/mol. The predicted molar refractivity (Wildman–Crippen MR) is 82.0 cm³/mol. The van der Waals surface area contributed by atoms with Gasteiger partial charge < -0.3 is 0 Å². The minimum Gasteiger partial charge on any atom is -0.293 e. The van der Waals surface area contributed by atoms with E-state index < -0.39 is 58.9 Å². The van der Waals surface area contributed by atoms with Crippen LogP contribution in [0.25, 0.3) is 0 Å². The summed E-state index contributed by atoms with van der Waals surface area (Å²) in [5, 5.41) is 0. The molecule has 1 fully saturated rings. The first kappa shape index (κ1) is 23.5. The molecule has 0 saturated carbocycles. The van der Waals surface area contributed by atoms with Crippen LogP contribution in [0.15, 0.2) is 0 Å². The topological polar surface area (TPSA) is 68.3 Å². The molecule has 0 radical (unpaired) electrons. The molecule has 1 saturated heterocycles. The first-order valence-corrected chi connectivity index (χ1v) is 11.0. The van der Waals surface area contributed by atoms with E-state index in [0.29, 0.717) is 12.8 Å². The number of rotatable bonds is 7. The van der Waals surface area contributed by atoms with Crippen LogP contribution in [0.3, 0.4) is 0 Å². The molecule has 156 valence electrons. The second-order valence-corrected chi connectivity index (χ2v) is 10.9. The smallest absolute Gasteiger partial charge is 0.293 e. The minimum atomic E-state index is -6.67. The lowest BCUT2D eigenvalue weighted by Gasteiger charge is -2.46. The number of hydrogen-bond donors (Lipinski definition) is 0. The Morgan fingerprint density at radius 2 is 1.35 bits per heavy atom. The summed E-state index contributed by atoms with van der Waals surface area (Å²) in [6.07, 6.45) is -0.489. The average molecular weight is 434 g/mol. The number of alkyl halides is 6. The molecule has 5 nitrogen and oxygen atoms in total. The summed E-state index contributed by atoms with van der Waals surface area (Å²) in [6.45, 7) is 1.70. The van der Waals surface area contributed by atoms with E-state index in [0.717, 1.165) is 0 Å². The van der Waals surface area contributed by atoms with Crippen molar-refractivity contribution in [3.8, 4) is 0 Å². The first-order chi connectivity index (χ1) is 11.6. The molecule has 0 aromatic rings. The van der Waals surface area contributed by atoms with Crippen LogP contribution in [0.5, 0.6) is 0 Å². The van der Waals surface area contributed by atoms with Gasteiger partial charge in [0.15, 0.2) is 0 Å². The van der Waals surface area contributed by atoms with Crippen LogP contribution < -0.4 is 0 Å². The Balaban J connectivity index is 3.88. The fraction of sp³-hybridized carbons (Fsp3) is 1.00. The molecule has 13 heteroatoms. The molecule has 0 bridgehead atoms. The Labute approximate surface area is 148 Å². The summed E-state index contributed by atoms with van der Waals surface area (Å²) in [5.74, 6) is 0. The third-order valence-corrected chi connectivity index (χ3v) is 10.4. The number of sulfone groups is 2. The van der Waals surface area contributed by atoms with Crippen molar-refractivity contribution in [3.63, 3.8) is 0 Å². The molecule has 26 heavy (non-hydrogen) atoms. The average Bonchev–Trinajstić information content (AvgIpc) is 2.86. The van der Waals surface area contributed by atoms with E-state index in [2.05, 4.69) is 0 Å². The Morgan fingerprint density at radius 3 is 1.69 bits per heavy atom. The largest absolute Gasteiger partial charge is 0.504 e. The molecular formula is C13H22F6NO4S2+. The molecule has 0 aliphatic carbocycles. The monoisotopic (exact) mass is 434 g/mol. The molecule has 1 unspecified atom stereocenters. The highest BCUT2D eigenvalue weighted by Gasteiger charge is 2.82. The van der Waals surface area contributed by atoms with Crippen LogP contribution in [0.1, 0.15) is 46.0 Å². The second-order valence-electron chi connectivity index (χ2n) is 6.33. The molecule has 1 aliphatic heterocycles. The number of unbranched alkanes of at least 4 members (excludes halogenated alkanes) is 2. The van der Waals surface area contributed by atoms with E-state index in [1.54, 1.807) is 6.92 Å². The number of hydrogen-bond acceptors (Lipinski definition) is 4. The van der Waals surface area contributed by atoms with Gasteiger partial charge in [0.25, 0.3) is 0 Å². The van der Waals surface area contributed by atoms with Gasteiger partial charge in [-0.2, -0.15) is 26.3 Å². The second kappa shape index (κ2) is 7.12. The van der Waals surface area contributed by atoms with E-state index in [-0.39, 0.29) is 19.4 Å². The van der Waals surface area contributed by atoms with Gasteiger partial charge in [0.2, 0.25) is 0 Å². The van der Waals surface area contributed by atoms with E-state index in [4.69, 9.17) is 0 Å². The van der Waals surface area contributed by atoms with E-state index in [1.165, 1.54) is 6.92 Å². The summed E-state index contributed by atoms with van der Waals surface area (Å²) in [7, 11) is -13.3. The Kier molecular flexibility index (Phi) is 6.43. The summed E-state index contributed by atoms with van der Waals surface area (Å²) in [6, 6.07) is 0. The summed E-state index contributed by atoms with van der Waals surface area (Å²) < 4.78 is 123. The number of quaternary nitrogens is 1. The third-order valence-electron chi connectivity index (χ3n) is 5.05. The molecule has 1 rings (SSSR count). The van der Waals surface area contributed by atoms with Crippen LogP contribution in [0, 0.1) is 0 Å². The van der Waals surface area contributed by atoms with Crippen molar-refractivity contribution in [2.75, 3.05) is 19.6 Å². The maximum absolute atomic E-state index is 13.3. The highest BCUT2D eigenvalue weighted by Crippen LogP contribution is 2.54.